The van der Waals surface area contributed by atoms with Gasteiger partial charge in [-0.05, 0) is 46.5 Å². The molecule has 3 heterocycles. The molecule has 3 aliphatic heterocycles. The van der Waals surface area contributed by atoms with Gasteiger partial charge in [0.25, 0.3) is 0 Å². The Morgan fingerprint density at radius 1 is 1.02 bits per heavy atom. The van der Waals surface area contributed by atoms with Gasteiger partial charge >= 0.3 is 34.5 Å². The van der Waals surface area contributed by atoms with Crippen LogP contribution >= 0.6 is 0 Å². The number of nitrogens with zero attached hydrogens (tertiary/aromatic N) is 3. The first-order valence-corrected chi connectivity index (χ1v) is 15.7. The third-order valence-electron chi connectivity index (χ3n) is 7.31. The molecule has 0 spiro atoms. The Labute approximate surface area is 251 Å². The molecule has 43 heavy (non-hydrogen) atoms. The maximum Gasteiger partial charge on any atom is 0.421 e. The summed E-state index contributed by atoms with van der Waals surface area (Å²) in [7, 11) is -4.71. The second-order valence-electron chi connectivity index (χ2n) is 11.7. The number of esters is 2. The first-order chi connectivity index (χ1) is 20.0. The van der Waals surface area contributed by atoms with E-state index in [9.17, 15) is 32.4 Å². The number of ether oxygens (including phenoxy) is 3. The minimum absolute atomic E-state index is 0.0879. The highest BCUT2D eigenvalue weighted by atomic mass is 32.3. The van der Waals surface area contributed by atoms with Gasteiger partial charge in [0.05, 0.1) is 30.6 Å². The van der Waals surface area contributed by atoms with Crippen LogP contribution in [0.4, 0.5) is 9.59 Å². The molecule has 4 amide bonds. The second-order valence-corrected chi connectivity index (χ2v) is 12.9. The molecule has 16 nitrogen and oxygen atoms in total. The molecule has 3 aliphatic rings. The summed E-state index contributed by atoms with van der Waals surface area (Å²) < 4.78 is 50.0. The van der Waals surface area contributed by atoms with Crippen molar-refractivity contribution in [1.82, 2.24) is 20.2 Å². The number of fused-ring (bicyclic) bond motifs is 2. The fourth-order valence-electron chi connectivity index (χ4n) is 4.77. The van der Waals surface area contributed by atoms with Crippen molar-refractivity contribution in [3.63, 3.8) is 0 Å². The lowest BCUT2D eigenvalue weighted by Gasteiger charge is -2.34. The number of carbonyl (C=O) groups is 5. The third kappa shape index (κ3) is 8.92. The molecule has 0 aromatic rings. The molecule has 0 aliphatic carbocycles. The quantitative estimate of drug-likeness (QED) is 0.240. The molecule has 17 heteroatoms. The molecule has 2 bridgehead atoms. The highest BCUT2D eigenvalue weighted by Crippen LogP contribution is 2.32. The predicted octanol–water partition coefficient (Wildman–Crippen LogP) is 1.30. The van der Waals surface area contributed by atoms with Gasteiger partial charge in [-0.2, -0.15) is 13.5 Å². The van der Waals surface area contributed by atoms with Crippen molar-refractivity contribution in [3.05, 3.63) is 0 Å². The molecule has 244 valence electrons. The number of likely N-dealkylation sites (tertiary alicyclic amines) is 1. The van der Waals surface area contributed by atoms with Crippen LogP contribution in [0.3, 0.4) is 0 Å². The summed E-state index contributed by atoms with van der Waals surface area (Å²) in [4.78, 5) is 65.0. The number of hydrogen-bond donors (Lipinski definition) is 1. The Balaban J connectivity index is 1.47. The maximum atomic E-state index is 13.1. The van der Waals surface area contributed by atoms with Crippen LogP contribution < -0.4 is 5.32 Å². The van der Waals surface area contributed by atoms with Gasteiger partial charge in [0, 0.05) is 32.6 Å². The zero-order valence-corrected chi connectivity index (χ0v) is 26.2. The van der Waals surface area contributed by atoms with E-state index in [0.29, 0.717) is 37.4 Å². The summed E-state index contributed by atoms with van der Waals surface area (Å²) in [5.74, 6) is -1.88. The molecular formula is C26H42N4O12S. The Morgan fingerprint density at radius 3 is 2.28 bits per heavy atom. The van der Waals surface area contributed by atoms with Crippen molar-refractivity contribution in [2.75, 3.05) is 32.8 Å². The summed E-state index contributed by atoms with van der Waals surface area (Å²) in [5, 5.41) is 3.62. The van der Waals surface area contributed by atoms with Crippen LogP contribution in [-0.4, -0.2) is 111 Å². The van der Waals surface area contributed by atoms with Crippen molar-refractivity contribution in [1.29, 1.82) is 0 Å². The summed E-state index contributed by atoms with van der Waals surface area (Å²) in [6.45, 7) is 9.57. The standard InChI is InChI=1S/C26H42N4O12S/c1-7-38-23(33)26(5,6)15-39-43(36,37)42-30-19-8-9-20(29(14-19)24(30)34)21(31)27-18-10-12-28(13-11-18)25(35)41-17(4)40-22(32)16(2)3/h16-20H,7-15H2,1-6H3,(H,27,31)/t17?,19-,20-/m0/s1. The average molecular weight is 635 g/mol. The van der Waals surface area contributed by atoms with Gasteiger partial charge in [0.1, 0.15) is 6.04 Å². The molecule has 0 aromatic heterocycles. The monoisotopic (exact) mass is 634 g/mol. The van der Waals surface area contributed by atoms with E-state index < -0.39 is 64.9 Å². The van der Waals surface area contributed by atoms with Gasteiger partial charge < -0.3 is 29.3 Å². The molecular weight excluding hydrogens is 592 g/mol. The van der Waals surface area contributed by atoms with Gasteiger partial charge in [-0.1, -0.05) is 13.8 Å². The van der Waals surface area contributed by atoms with E-state index in [1.165, 1.54) is 30.6 Å². The first-order valence-electron chi connectivity index (χ1n) is 14.4. The van der Waals surface area contributed by atoms with Crippen molar-refractivity contribution in [2.24, 2.45) is 11.3 Å². The van der Waals surface area contributed by atoms with Gasteiger partial charge in [-0.15, -0.1) is 4.28 Å². The number of carbonyl (C=O) groups excluding carboxylic acids is 5. The first kappa shape index (κ1) is 34.3. The minimum atomic E-state index is -4.71. The highest BCUT2D eigenvalue weighted by molar-refractivity contribution is 7.81. The minimum Gasteiger partial charge on any atom is -0.466 e. The molecule has 0 radical (unpaired) electrons. The van der Waals surface area contributed by atoms with Crippen LogP contribution in [0.2, 0.25) is 0 Å². The number of hydrogen-bond acceptors (Lipinski definition) is 12. The van der Waals surface area contributed by atoms with E-state index in [1.807, 2.05) is 0 Å². The predicted molar refractivity (Wildman–Crippen MR) is 147 cm³/mol. The molecule has 0 aromatic carbocycles. The Kier molecular flexibility index (Phi) is 11.2. The molecule has 3 fully saturated rings. The Hall–Kier alpha value is -3.18. The lowest BCUT2D eigenvalue weighted by atomic mass is 9.95. The maximum absolute atomic E-state index is 13.1. The third-order valence-corrected chi connectivity index (χ3v) is 8.06. The number of hydroxylamine groups is 2. The largest absolute Gasteiger partial charge is 0.466 e. The van der Waals surface area contributed by atoms with E-state index in [-0.39, 0.29) is 37.4 Å². The van der Waals surface area contributed by atoms with Crippen LogP contribution in [-0.2, 0) is 47.5 Å². The summed E-state index contributed by atoms with van der Waals surface area (Å²) in [6.07, 6.45) is -0.174. The average Bonchev–Trinajstić information content (AvgIpc) is 3.16. The van der Waals surface area contributed by atoms with Gasteiger partial charge in [0.15, 0.2) is 0 Å². The molecule has 1 unspecified atom stereocenters. The van der Waals surface area contributed by atoms with E-state index in [0.717, 1.165) is 0 Å². The van der Waals surface area contributed by atoms with E-state index in [4.69, 9.17) is 22.7 Å². The normalized spacial score (nSPS) is 21.9. The molecule has 3 atom stereocenters. The van der Waals surface area contributed by atoms with Gasteiger partial charge in [-0.25, -0.2) is 13.8 Å². The van der Waals surface area contributed by atoms with Crippen molar-refractivity contribution < 1.29 is 55.1 Å². The summed E-state index contributed by atoms with van der Waals surface area (Å²) in [6, 6.07) is -2.48. The number of rotatable bonds is 12. The summed E-state index contributed by atoms with van der Waals surface area (Å²) in [5.41, 5.74) is -1.28. The van der Waals surface area contributed by atoms with Crippen LogP contribution in [0.1, 0.15) is 67.2 Å². The van der Waals surface area contributed by atoms with E-state index >= 15 is 0 Å². The number of piperidine rings is 2. The Bertz CT molecular complexity index is 1170. The SMILES string of the molecule is CCOC(=O)C(C)(C)COS(=O)(=O)ON1C(=O)N2C[C@@H]1CC[C@H]2C(=O)NC1CCN(C(=O)OC(C)OC(=O)C(C)C)CC1. The van der Waals surface area contributed by atoms with Crippen molar-refractivity contribution in [3.8, 4) is 0 Å². The molecule has 0 saturated carbocycles. The lowest BCUT2D eigenvalue weighted by Crippen LogP contribution is -2.54. The van der Waals surface area contributed by atoms with Crippen LogP contribution in [0.15, 0.2) is 0 Å². The topological polar surface area (TPSA) is 187 Å². The fourth-order valence-corrected chi connectivity index (χ4v) is 5.64. The smallest absolute Gasteiger partial charge is 0.421 e. The zero-order valence-electron chi connectivity index (χ0n) is 25.4. The number of nitrogens with one attached hydrogen (secondary N) is 1. The van der Waals surface area contributed by atoms with Gasteiger partial charge in [-0.3, -0.25) is 14.4 Å². The molecule has 3 saturated heterocycles. The van der Waals surface area contributed by atoms with Gasteiger partial charge in [0.2, 0.25) is 12.2 Å². The zero-order chi connectivity index (χ0) is 32.1. The van der Waals surface area contributed by atoms with Crippen LogP contribution in [0.25, 0.3) is 0 Å². The van der Waals surface area contributed by atoms with E-state index in [1.54, 1.807) is 20.8 Å². The summed E-state index contributed by atoms with van der Waals surface area (Å²) >= 11 is 0. The second kappa shape index (κ2) is 14.1. The fraction of sp³-hybridized carbons (Fsp3) is 0.808. The number of amides is 4. The van der Waals surface area contributed by atoms with Crippen molar-refractivity contribution >= 4 is 40.4 Å². The van der Waals surface area contributed by atoms with Crippen LogP contribution in [0.5, 0.6) is 0 Å². The highest BCUT2D eigenvalue weighted by Gasteiger charge is 2.50. The van der Waals surface area contributed by atoms with E-state index in [2.05, 4.69) is 5.32 Å². The molecule has 3 rings (SSSR count). The van der Waals surface area contributed by atoms with Crippen molar-refractivity contribution in [2.45, 2.75) is 91.6 Å². The Morgan fingerprint density at radius 2 is 1.67 bits per heavy atom. The molecule has 1 N–H and O–H groups in total. The number of urea groups is 1. The lowest BCUT2D eigenvalue weighted by molar-refractivity contribution is -0.170. The van der Waals surface area contributed by atoms with Crippen LogP contribution in [0, 0.1) is 11.3 Å².